The molecule has 0 aromatic heterocycles. The Morgan fingerprint density at radius 1 is 1.26 bits per heavy atom. The molecule has 1 aromatic carbocycles. The fourth-order valence-corrected chi connectivity index (χ4v) is 4.51. The molecule has 3 aliphatic heterocycles. The summed E-state index contributed by atoms with van der Waals surface area (Å²) in [4.78, 5) is 40.5. The molecule has 2 saturated heterocycles. The number of nitrogens with two attached hydrogens (primary N) is 1. The topological polar surface area (TPSA) is 95.7 Å². The van der Waals surface area contributed by atoms with Crippen molar-refractivity contribution in [3.8, 4) is 0 Å². The summed E-state index contributed by atoms with van der Waals surface area (Å²) in [6, 6.07) is 5.23. The summed E-state index contributed by atoms with van der Waals surface area (Å²) in [5.41, 5.74) is 8.70. The molecule has 3 heterocycles. The smallest absolute Gasteiger partial charge is 0.255 e. The third-order valence-corrected chi connectivity index (χ3v) is 6.58. The van der Waals surface area contributed by atoms with Gasteiger partial charge in [-0.1, -0.05) is 12.1 Å². The molecule has 0 saturated carbocycles. The Morgan fingerprint density at radius 2 is 2.04 bits per heavy atom. The molecule has 0 radical (unpaired) electrons. The largest absolute Gasteiger partial charge is 0.330 e. The number of carbonyl (C=O) groups excluding carboxylic acids is 3. The van der Waals surface area contributed by atoms with Gasteiger partial charge >= 0.3 is 0 Å². The molecule has 2 unspecified atom stereocenters. The van der Waals surface area contributed by atoms with Crippen LogP contribution in [0.3, 0.4) is 0 Å². The number of fused-ring (bicyclic) bond motifs is 1. The minimum atomic E-state index is -0.572. The predicted molar refractivity (Wildman–Crippen MR) is 99.5 cm³/mol. The Kier molecular flexibility index (Phi) is 4.31. The van der Waals surface area contributed by atoms with E-state index in [1.54, 1.807) is 4.90 Å². The van der Waals surface area contributed by atoms with Crippen LogP contribution in [0.1, 0.15) is 48.2 Å². The number of benzene rings is 1. The van der Waals surface area contributed by atoms with Gasteiger partial charge in [0, 0.05) is 43.1 Å². The van der Waals surface area contributed by atoms with Crippen molar-refractivity contribution in [1.29, 1.82) is 0 Å². The highest BCUT2D eigenvalue weighted by atomic mass is 16.2. The number of imide groups is 1. The predicted octanol–water partition coefficient (Wildman–Crippen LogP) is 0.617. The number of rotatable bonds is 4. The minimum absolute atomic E-state index is 0.0450. The summed E-state index contributed by atoms with van der Waals surface area (Å²) in [5.74, 6) is -0.279. The van der Waals surface area contributed by atoms with E-state index in [2.05, 4.69) is 30.1 Å². The Labute approximate surface area is 158 Å². The lowest BCUT2D eigenvalue weighted by molar-refractivity contribution is -0.136. The molecule has 4 rings (SSSR count). The molecular formula is C20H26N4O3. The van der Waals surface area contributed by atoms with E-state index in [4.69, 9.17) is 5.73 Å². The Balaban J connectivity index is 1.55. The van der Waals surface area contributed by atoms with Crippen LogP contribution in [-0.4, -0.2) is 52.2 Å². The lowest BCUT2D eigenvalue weighted by Crippen LogP contribution is -2.65. The lowest BCUT2D eigenvalue weighted by Gasteiger charge is -2.55. The normalized spacial score (nSPS) is 27.4. The number of hydrogen-bond acceptors (Lipinski definition) is 5. The molecule has 27 heavy (non-hydrogen) atoms. The zero-order chi connectivity index (χ0) is 19.3. The van der Waals surface area contributed by atoms with Crippen LogP contribution in [0.2, 0.25) is 0 Å². The number of hydrogen-bond donors (Lipinski definition) is 2. The van der Waals surface area contributed by atoms with Gasteiger partial charge in [-0.05, 0) is 44.0 Å². The van der Waals surface area contributed by atoms with E-state index in [0.717, 1.165) is 24.2 Å². The maximum Gasteiger partial charge on any atom is 0.255 e. The second-order valence-electron chi connectivity index (χ2n) is 8.31. The number of carbonyl (C=O) groups is 3. The zero-order valence-electron chi connectivity index (χ0n) is 15.8. The van der Waals surface area contributed by atoms with E-state index in [-0.39, 0.29) is 29.7 Å². The van der Waals surface area contributed by atoms with Crippen LogP contribution in [0.15, 0.2) is 18.2 Å². The molecular weight excluding hydrogens is 344 g/mol. The molecule has 7 heteroatoms. The van der Waals surface area contributed by atoms with Crippen molar-refractivity contribution in [2.45, 2.75) is 51.4 Å². The molecule has 2 atom stereocenters. The van der Waals surface area contributed by atoms with Crippen LogP contribution in [0.4, 0.5) is 0 Å². The Morgan fingerprint density at radius 3 is 2.70 bits per heavy atom. The number of amides is 3. The van der Waals surface area contributed by atoms with Gasteiger partial charge in [0.15, 0.2) is 0 Å². The summed E-state index contributed by atoms with van der Waals surface area (Å²) in [6.07, 6.45) is 0.656. The minimum Gasteiger partial charge on any atom is -0.330 e. The van der Waals surface area contributed by atoms with Gasteiger partial charge in [0.05, 0.1) is 0 Å². The second-order valence-corrected chi connectivity index (χ2v) is 8.31. The summed E-state index contributed by atoms with van der Waals surface area (Å²) < 4.78 is 0. The zero-order valence-corrected chi connectivity index (χ0v) is 15.8. The fourth-order valence-electron chi connectivity index (χ4n) is 4.51. The van der Waals surface area contributed by atoms with Crippen molar-refractivity contribution in [1.82, 2.24) is 15.1 Å². The van der Waals surface area contributed by atoms with Crippen molar-refractivity contribution in [2.24, 2.45) is 11.7 Å². The number of nitrogens with zero attached hydrogens (tertiary/aromatic N) is 2. The molecule has 0 spiro atoms. The van der Waals surface area contributed by atoms with Crippen LogP contribution >= 0.6 is 0 Å². The fraction of sp³-hybridized carbons (Fsp3) is 0.550. The van der Waals surface area contributed by atoms with Crippen molar-refractivity contribution < 1.29 is 14.4 Å². The quantitative estimate of drug-likeness (QED) is 0.758. The summed E-state index contributed by atoms with van der Waals surface area (Å²) >= 11 is 0. The van der Waals surface area contributed by atoms with Gasteiger partial charge in [0.1, 0.15) is 6.04 Å². The monoisotopic (exact) mass is 370 g/mol. The maximum absolute atomic E-state index is 12.9. The number of nitrogens with one attached hydrogen (secondary N) is 1. The first kappa shape index (κ1) is 18.1. The standard InChI is InChI=1S/C20H26N4O3/c1-20(2)13(8-21)10-23(20)9-12-4-3-5-14-15(12)11-24(19(14)27)16-6-7-17(25)22-18(16)26/h3-5,13,16H,6-11,21H2,1-2H3,(H,22,25,26). The number of likely N-dealkylation sites (tertiary alicyclic amines) is 1. The van der Waals surface area contributed by atoms with Crippen LogP contribution in [0.5, 0.6) is 0 Å². The maximum atomic E-state index is 12.9. The van der Waals surface area contributed by atoms with Crippen LogP contribution in [0.25, 0.3) is 0 Å². The van der Waals surface area contributed by atoms with Gasteiger partial charge in [0.25, 0.3) is 5.91 Å². The average Bonchev–Trinajstić information content (AvgIpc) is 2.96. The van der Waals surface area contributed by atoms with Gasteiger partial charge in [-0.2, -0.15) is 0 Å². The van der Waals surface area contributed by atoms with E-state index in [0.29, 0.717) is 31.0 Å². The van der Waals surface area contributed by atoms with Crippen LogP contribution in [0, 0.1) is 5.92 Å². The molecule has 3 aliphatic rings. The van der Waals surface area contributed by atoms with E-state index in [1.807, 2.05) is 12.1 Å². The molecule has 0 bridgehead atoms. The van der Waals surface area contributed by atoms with Crippen LogP contribution in [-0.2, 0) is 22.7 Å². The van der Waals surface area contributed by atoms with E-state index < -0.39 is 6.04 Å². The highest BCUT2D eigenvalue weighted by Gasteiger charge is 2.46. The third kappa shape index (κ3) is 2.85. The van der Waals surface area contributed by atoms with Crippen molar-refractivity contribution >= 4 is 17.7 Å². The molecule has 3 amide bonds. The van der Waals surface area contributed by atoms with Crippen molar-refractivity contribution in [2.75, 3.05) is 13.1 Å². The average molecular weight is 370 g/mol. The molecule has 1 aromatic rings. The molecule has 3 N–H and O–H groups in total. The van der Waals surface area contributed by atoms with E-state index in [1.165, 1.54) is 0 Å². The summed E-state index contributed by atoms with van der Waals surface area (Å²) in [5, 5.41) is 2.35. The molecule has 144 valence electrons. The second kappa shape index (κ2) is 6.42. The summed E-state index contributed by atoms with van der Waals surface area (Å²) in [7, 11) is 0. The van der Waals surface area contributed by atoms with Gasteiger partial charge in [-0.3, -0.25) is 24.6 Å². The Bertz CT molecular complexity index is 819. The molecule has 2 fully saturated rings. The van der Waals surface area contributed by atoms with Crippen molar-refractivity contribution in [3.63, 3.8) is 0 Å². The lowest BCUT2D eigenvalue weighted by atomic mass is 9.76. The third-order valence-electron chi connectivity index (χ3n) is 6.58. The first-order valence-electron chi connectivity index (χ1n) is 9.53. The van der Waals surface area contributed by atoms with Gasteiger partial charge < -0.3 is 10.6 Å². The Hall–Kier alpha value is -2.25. The SMILES string of the molecule is CC1(C)C(CN)CN1Cc1cccc2c1CN(C1CCC(=O)NC1=O)C2=O. The number of piperidine rings is 1. The highest BCUT2D eigenvalue weighted by molar-refractivity contribution is 6.05. The van der Waals surface area contributed by atoms with Crippen LogP contribution < -0.4 is 11.1 Å². The van der Waals surface area contributed by atoms with Gasteiger partial charge in [-0.25, -0.2) is 0 Å². The first-order chi connectivity index (χ1) is 12.8. The summed E-state index contributed by atoms with van der Waals surface area (Å²) in [6.45, 7) is 7.24. The van der Waals surface area contributed by atoms with Crippen molar-refractivity contribution in [3.05, 3.63) is 34.9 Å². The van der Waals surface area contributed by atoms with Gasteiger partial charge in [0.2, 0.25) is 11.8 Å². The van der Waals surface area contributed by atoms with E-state index in [9.17, 15) is 14.4 Å². The molecule has 0 aliphatic carbocycles. The highest BCUT2D eigenvalue weighted by Crippen LogP contribution is 2.38. The first-order valence-corrected chi connectivity index (χ1v) is 9.53. The van der Waals surface area contributed by atoms with E-state index >= 15 is 0 Å². The van der Waals surface area contributed by atoms with Gasteiger partial charge in [-0.15, -0.1) is 0 Å². The molecule has 7 nitrogen and oxygen atoms in total.